The molecule has 0 N–H and O–H groups in total. The van der Waals surface area contributed by atoms with Gasteiger partial charge in [0.2, 0.25) is 0 Å². The maximum absolute atomic E-state index is 12.9. The topological polar surface area (TPSA) is 78.9 Å². The Kier molecular flexibility index (Phi) is 62.7. The Morgan fingerprint density at radius 2 is 0.506 bits per heavy atom. The van der Waals surface area contributed by atoms with E-state index < -0.39 is 6.10 Å². The van der Waals surface area contributed by atoms with Gasteiger partial charge in [-0.15, -0.1) is 0 Å². The molecule has 0 fully saturated rings. The molecule has 0 amide bonds. The first-order valence-corrected chi connectivity index (χ1v) is 33.4. The molecule has 77 heavy (non-hydrogen) atoms. The van der Waals surface area contributed by atoms with Crippen LogP contribution in [0.15, 0.2) is 72.9 Å². The van der Waals surface area contributed by atoms with E-state index in [0.29, 0.717) is 19.3 Å². The Morgan fingerprint density at radius 3 is 0.792 bits per heavy atom. The molecule has 0 saturated heterocycles. The molecule has 1 unspecified atom stereocenters. The van der Waals surface area contributed by atoms with Crippen molar-refractivity contribution in [2.24, 2.45) is 0 Å². The van der Waals surface area contributed by atoms with Crippen LogP contribution in [0.1, 0.15) is 342 Å². The summed E-state index contributed by atoms with van der Waals surface area (Å²) >= 11 is 0. The Labute approximate surface area is 478 Å². The molecular weight excluding hydrogens is 949 g/mol. The summed E-state index contributed by atoms with van der Waals surface area (Å²) in [6.45, 7) is 6.56. The first kappa shape index (κ1) is 73.8. The first-order chi connectivity index (χ1) is 38.0. The van der Waals surface area contributed by atoms with Crippen molar-refractivity contribution in [1.82, 2.24) is 0 Å². The minimum Gasteiger partial charge on any atom is -0.462 e. The van der Waals surface area contributed by atoms with Crippen molar-refractivity contribution in [3.8, 4) is 0 Å². The molecule has 0 radical (unpaired) electrons. The van der Waals surface area contributed by atoms with Gasteiger partial charge in [0, 0.05) is 19.3 Å². The molecular formula is C71H126O6. The molecule has 0 saturated carbocycles. The summed E-state index contributed by atoms with van der Waals surface area (Å²) in [5.74, 6) is -0.870. The van der Waals surface area contributed by atoms with Crippen LogP contribution in [-0.2, 0) is 28.6 Å². The highest BCUT2D eigenvalue weighted by Gasteiger charge is 2.19. The predicted octanol–water partition coefficient (Wildman–Crippen LogP) is 22.9. The van der Waals surface area contributed by atoms with Gasteiger partial charge >= 0.3 is 17.9 Å². The van der Waals surface area contributed by atoms with E-state index in [1.165, 1.54) is 205 Å². The minimum absolute atomic E-state index is 0.0764. The monoisotopic (exact) mass is 1070 g/mol. The zero-order valence-electron chi connectivity index (χ0n) is 51.2. The second-order valence-electron chi connectivity index (χ2n) is 22.4. The summed E-state index contributed by atoms with van der Waals surface area (Å²) in [7, 11) is 0. The number of allylic oxidation sites excluding steroid dienone is 12. The van der Waals surface area contributed by atoms with Crippen molar-refractivity contribution in [2.45, 2.75) is 348 Å². The van der Waals surface area contributed by atoms with Gasteiger partial charge in [-0.2, -0.15) is 0 Å². The van der Waals surface area contributed by atoms with Gasteiger partial charge in [0.05, 0.1) is 0 Å². The Bertz CT molecular complexity index is 1420. The summed E-state index contributed by atoms with van der Waals surface area (Å²) < 4.78 is 17.0. The van der Waals surface area contributed by atoms with Crippen molar-refractivity contribution < 1.29 is 28.6 Å². The molecule has 0 aromatic carbocycles. The van der Waals surface area contributed by atoms with Crippen molar-refractivity contribution >= 4 is 17.9 Å². The van der Waals surface area contributed by atoms with Crippen LogP contribution in [0.3, 0.4) is 0 Å². The lowest BCUT2D eigenvalue weighted by molar-refractivity contribution is -0.167. The second-order valence-corrected chi connectivity index (χ2v) is 22.4. The molecule has 0 spiro atoms. The number of esters is 3. The lowest BCUT2D eigenvalue weighted by Crippen LogP contribution is -2.30. The molecule has 0 bridgehead atoms. The van der Waals surface area contributed by atoms with Crippen LogP contribution in [0.25, 0.3) is 0 Å². The molecule has 0 aliphatic rings. The molecule has 0 aromatic heterocycles. The number of unbranched alkanes of at least 4 members (excludes halogenated alkanes) is 38. The fraction of sp³-hybridized carbons (Fsp3) is 0.789. The summed E-state index contributed by atoms with van der Waals surface area (Å²) in [4.78, 5) is 38.4. The van der Waals surface area contributed by atoms with Gasteiger partial charge in [-0.25, -0.2) is 0 Å². The standard InChI is InChI=1S/C71H126O6/c1-4-7-10-13-16-19-22-25-28-30-31-32-33-34-35-36-37-38-39-41-43-46-49-52-55-58-61-64-70(73)76-67-68(66-75-69(72)63-60-57-54-51-48-45-42-27-24-21-18-15-12-9-6-3)77-71(74)65-62-59-56-53-50-47-44-40-29-26-23-20-17-14-11-8-5-2/h8,11,17,20,22,25-26,29-31,33-34,68H,4-7,9-10,12-16,18-19,21,23-24,27-28,32,35-67H2,1-3H3/b11-8-,20-17-,25-22-,29-26-,31-30-,34-33-. The molecule has 0 aromatic rings. The van der Waals surface area contributed by atoms with Crippen molar-refractivity contribution in [3.63, 3.8) is 0 Å². The highest BCUT2D eigenvalue weighted by Crippen LogP contribution is 2.17. The lowest BCUT2D eigenvalue weighted by atomic mass is 10.0. The fourth-order valence-electron chi connectivity index (χ4n) is 9.70. The highest BCUT2D eigenvalue weighted by molar-refractivity contribution is 5.71. The third-order valence-corrected chi connectivity index (χ3v) is 14.7. The second kappa shape index (κ2) is 65.4. The van der Waals surface area contributed by atoms with E-state index >= 15 is 0 Å². The maximum Gasteiger partial charge on any atom is 0.306 e. The Balaban J connectivity index is 4.29. The first-order valence-electron chi connectivity index (χ1n) is 33.4. The zero-order valence-corrected chi connectivity index (χ0v) is 51.2. The van der Waals surface area contributed by atoms with Crippen LogP contribution in [0.4, 0.5) is 0 Å². The Morgan fingerprint density at radius 1 is 0.273 bits per heavy atom. The Hall–Kier alpha value is -3.15. The van der Waals surface area contributed by atoms with Crippen LogP contribution in [0, 0.1) is 0 Å². The van der Waals surface area contributed by atoms with Gasteiger partial charge in [-0.3, -0.25) is 14.4 Å². The minimum atomic E-state index is -0.781. The smallest absolute Gasteiger partial charge is 0.306 e. The average Bonchev–Trinajstić information content (AvgIpc) is 3.43. The SMILES string of the molecule is CC/C=C\C/C=C\C/C=C\CCCCCCCCCC(=O)OC(COC(=O)CCCCCCCCCCCCCC/C=C\C/C=C\C/C=C\CCCCCCC)COC(=O)CCCCCCCCCCCCCCCCC. The fourth-order valence-corrected chi connectivity index (χ4v) is 9.70. The normalized spacial score (nSPS) is 12.5. The van der Waals surface area contributed by atoms with Gasteiger partial charge in [-0.1, -0.05) is 306 Å². The van der Waals surface area contributed by atoms with Crippen LogP contribution >= 0.6 is 0 Å². The number of ether oxygens (including phenoxy) is 3. The van der Waals surface area contributed by atoms with Crippen molar-refractivity contribution in [2.75, 3.05) is 13.2 Å². The molecule has 6 nitrogen and oxygen atoms in total. The molecule has 0 heterocycles. The van der Waals surface area contributed by atoms with Crippen molar-refractivity contribution in [3.05, 3.63) is 72.9 Å². The maximum atomic E-state index is 12.9. The van der Waals surface area contributed by atoms with Crippen LogP contribution in [0.5, 0.6) is 0 Å². The van der Waals surface area contributed by atoms with Gasteiger partial charge < -0.3 is 14.2 Å². The van der Waals surface area contributed by atoms with E-state index in [2.05, 4.69) is 93.7 Å². The summed E-state index contributed by atoms with van der Waals surface area (Å²) in [5, 5.41) is 0. The van der Waals surface area contributed by atoms with E-state index in [1.54, 1.807) is 0 Å². The van der Waals surface area contributed by atoms with Crippen LogP contribution in [0.2, 0.25) is 0 Å². The summed E-state index contributed by atoms with van der Waals surface area (Å²) in [5.41, 5.74) is 0. The molecule has 446 valence electrons. The van der Waals surface area contributed by atoms with E-state index in [0.717, 1.165) is 96.3 Å². The molecule has 0 aliphatic heterocycles. The highest BCUT2D eigenvalue weighted by atomic mass is 16.6. The van der Waals surface area contributed by atoms with Crippen molar-refractivity contribution in [1.29, 1.82) is 0 Å². The lowest BCUT2D eigenvalue weighted by Gasteiger charge is -2.18. The third-order valence-electron chi connectivity index (χ3n) is 14.7. The largest absolute Gasteiger partial charge is 0.462 e. The molecule has 6 heteroatoms. The number of carbonyl (C=O) groups is 3. The predicted molar refractivity (Wildman–Crippen MR) is 335 cm³/mol. The molecule has 0 aliphatic carbocycles. The average molecular weight is 1080 g/mol. The van der Waals surface area contributed by atoms with Gasteiger partial charge in [-0.05, 0) is 89.9 Å². The molecule has 1 atom stereocenters. The quantitative estimate of drug-likeness (QED) is 0.0261. The number of carbonyl (C=O) groups excluding carboxylic acids is 3. The van der Waals surface area contributed by atoms with Gasteiger partial charge in [0.15, 0.2) is 6.10 Å². The number of rotatable bonds is 61. The van der Waals surface area contributed by atoms with E-state index in [-0.39, 0.29) is 31.1 Å². The van der Waals surface area contributed by atoms with E-state index in [1.807, 2.05) is 0 Å². The summed E-state index contributed by atoms with van der Waals surface area (Å²) in [6, 6.07) is 0. The van der Waals surface area contributed by atoms with Gasteiger partial charge in [0.25, 0.3) is 0 Å². The number of hydrogen-bond acceptors (Lipinski definition) is 6. The third kappa shape index (κ3) is 63.6. The van der Waals surface area contributed by atoms with E-state index in [9.17, 15) is 14.4 Å². The van der Waals surface area contributed by atoms with Crippen LogP contribution in [-0.4, -0.2) is 37.2 Å². The van der Waals surface area contributed by atoms with Crippen LogP contribution < -0.4 is 0 Å². The summed E-state index contributed by atoms with van der Waals surface area (Å²) in [6.07, 6.45) is 84.8. The van der Waals surface area contributed by atoms with E-state index in [4.69, 9.17) is 14.2 Å². The zero-order chi connectivity index (χ0) is 55.7. The molecule has 0 rings (SSSR count). The number of hydrogen-bond donors (Lipinski definition) is 0. The van der Waals surface area contributed by atoms with Gasteiger partial charge in [0.1, 0.15) is 13.2 Å².